The molecule has 0 saturated heterocycles. The minimum absolute atomic E-state index is 0.0957. The van der Waals surface area contributed by atoms with Gasteiger partial charge in [-0.1, -0.05) is 35.4 Å². The molecule has 3 aromatic rings. The third-order valence-corrected chi connectivity index (χ3v) is 6.41. The van der Waals surface area contributed by atoms with Crippen LogP contribution in [0.1, 0.15) is 16.2 Å². The van der Waals surface area contributed by atoms with Crippen molar-refractivity contribution in [1.29, 1.82) is 0 Å². The molecule has 2 aromatic carbocycles. The molecule has 0 aliphatic carbocycles. The molecular weight excluding hydrogens is 406 g/mol. The van der Waals surface area contributed by atoms with E-state index < -0.39 is 31.3 Å². The van der Waals surface area contributed by atoms with Crippen molar-refractivity contribution >= 4 is 31.6 Å². The van der Waals surface area contributed by atoms with Crippen LogP contribution in [-0.2, 0) is 25.4 Å². The van der Waals surface area contributed by atoms with Crippen LogP contribution in [0.4, 0.5) is 6.01 Å². The van der Waals surface area contributed by atoms with Gasteiger partial charge in [-0.25, -0.2) is 16.8 Å². The number of rotatable bonds is 6. The highest BCUT2D eigenvalue weighted by atomic mass is 32.2. The van der Waals surface area contributed by atoms with Gasteiger partial charge in [-0.15, -0.1) is 5.10 Å². The van der Waals surface area contributed by atoms with Crippen LogP contribution in [0.5, 0.6) is 0 Å². The van der Waals surface area contributed by atoms with Crippen molar-refractivity contribution in [2.24, 2.45) is 0 Å². The number of carbonyl (C=O) groups excluding carboxylic acids is 1. The number of hydrogen-bond donors (Lipinski definition) is 1. The van der Waals surface area contributed by atoms with Crippen molar-refractivity contribution in [3.05, 3.63) is 66.1 Å². The molecular formula is C17H15N3O6S2. The molecule has 1 N–H and O–H groups in total. The predicted molar refractivity (Wildman–Crippen MR) is 99.1 cm³/mol. The van der Waals surface area contributed by atoms with E-state index in [1.165, 1.54) is 36.4 Å². The average Bonchev–Trinajstić information content (AvgIpc) is 3.08. The molecule has 1 heterocycles. The van der Waals surface area contributed by atoms with Gasteiger partial charge < -0.3 is 4.42 Å². The second kappa shape index (κ2) is 7.52. The molecule has 0 radical (unpaired) electrons. The Morgan fingerprint density at radius 3 is 2.29 bits per heavy atom. The molecule has 0 aliphatic heterocycles. The Morgan fingerprint density at radius 1 is 0.964 bits per heavy atom. The number of sulfone groups is 2. The molecule has 28 heavy (non-hydrogen) atoms. The Bertz CT molecular complexity index is 1220. The van der Waals surface area contributed by atoms with Gasteiger partial charge in [-0.2, -0.15) is 0 Å². The average molecular weight is 421 g/mol. The first kappa shape index (κ1) is 19.7. The van der Waals surface area contributed by atoms with Gasteiger partial charge in [0.15, 0.2) is 19.7 Å². The lowest BCUT2D eigenvalue weighted by Crippen LogP contribution is -2.16. The molecule has 146 valence electrons. The third kappa shape index (κ3) is 4.43. The highest BCUT2D eigenvalue weighted by Crippen LogP contribution is 2.19. The first-order valence-corrected chi connectivity index (χ1v) is 11.4. The van der Waals surface area contributed by atoms with E-state index in [-0.39, 0.29) is 27.3 Å². The van der Waals surface area contributed by atoms with Crippen LogP contribution >= 0.6 is 0 Å². The second-order valence-corrected chi connectivity index (χ2v) is 9.77. The van der Waals surface area contributed by atoms with Gasteiger partial charge in [0.05, 0.1) is 15.4 Å². The summed E-state index contributed by atoms with van der Waals surface area (Å²) in [6.45, 7) is 0. The molecule has 3 rings (SSSR count). The van der Waals surface area contributed by atoms with E-state index in [1.54, 1.807) is 18.2 Å². The third-order valence-electron chi connectivity index (χ3n) is 3.63. The first-order valence-electron chi connectivity index (χ1n) is 7.87. The summed E-state index contributed by atoms with van der Waals surface area (Å²) in [5.41, 5.74) is -0.0957. The standard InChI is InChI=1S/C17H15N3O6S2/c1-27(22,23)14-10-6-5-9-13(14)16(21)18-17-20-19-15(26-17)11-28(24,25)12-7-3-2-4-8-12/h2-10H,11H2,1H3,(H,18,20,21). The Morgan fingerprint density at radius 2 is 1.61 bits per heavy atom. The lowest BCUT2D eigenvalue weighted by molar-refractivity contribution is 0.102. The molecule has 0 bridgehead atoms. The molecule has 0 unspecified atom stereocenters. The molecule has 1 aromatic heterocycles. The molecule has 1 amide bonds. The van der Waals surface area contributed by atoms with Gasteiger partial charge in [-0.05, 0) is 24.3 Å². The number of nitrogens with zero attached hydrogens (tertiary/aromatic N) is 2. The molecule has 11 heteroatoms. The smallest absolute Gasteiger partial charge is 0.322 e. The summed E-state index contributed by atoms with van der Waals surface area (Å²) in [7, 11) is -7.32. The molecule has 0 atom stereocenters. The molecule has 0 aliphatic rings. The van der Waals surface area contributed by atoms with E-state index in [1.807, 2.05) is 0 Å². The van der Waals surface area contributed by atoms with E-state index in [4.69, 9.17) is 4.42 Å². The number of benzene rings is 2. The quantitative estimate of drug-likeness (QED) is 0.635. The maximum atomic E-state index is 12.4. The molecule has 9 nitrogen and oxygen atoms in total. The summed E-state index contributed by atoms with van der Waals surface area (Å²) in [4.78, 5) is 12.3. The topological polar surface area (TPSA) is 136 Å². The van der Waals surface area contributed by atoms with Gasteiger partial charge in [-0.3, -0.25) is 10.1 Å². The summed E-state index contributed by atoms with van der Waals surface area (Å²) in [6, 6.07) is 13.0. The van der Waals surface area contributed by atoms with Crippen molar-refractivity contribution < 1.29 is 26.0 Å². The fourth-order valence-electron chi connectivity index (χ4n) is 2.38. The lowest BCUT2D eigenvalue weighted by atomic mass is 10.2. The van der Waals surface area contributed by atoms with Crippen LogP contribution in [0.3, 0.4) is 0 Å². The fourth-order valence-corrected chi connectivity index (χ4v) is 4.44. The SMILES string of the molecule is CS(=O)(=O)c1ccccc1C(=O)Nc1nnc(CS(=O)(=O)c2ccccc2)o1. The maximum Gasteiger partial charge on any atom is 0.322 e. The Labute approximate surface area is 161 Å². The lowest BCUT2D eigenvalue weighted by Gasteiger charge is -2.06. The van der Waals surface area contributed by atoms with Gasteiger partial charge in [0.2, 0.25) is 5.89 Å². The zero-order valence-corrected chi connectivity index (χ0v) is 16.2. The van der Waals surface area contributed by atoms with Crippen LogP contribution in [-0.4, -0.2) is 39.2 Å². The number of anilines is 1. The van der Waals surface area contributed by atoms with Crippen molar-refractivity contribution in [2.45, 2.75) is 15.5 Å². The van der Waals surface area contributed by atoms with E-state index in [9.17, 15) is 21.6 Å². The normalized spacial score (nSPS) is 11.9. The van der Waals surface area contributed by atoms with Crippen molar-refractivity contribution in [1.82, 2.24) is 10.2 Å². The van der Waals surface area contributed by atoms with E-state index in [0.717, 1.165) is 6.26 Å². The van der Waals surface area contributed by atoms with Gasteiger partial charge in [0.1, 0.15) is 5.75 Å². The van der Waals surface area contributed by atoms with Gasteiger partial charge >= 0.3 is 6.01 Å². The number of nitrogens with one attached hydrogen (secondary N) is 1. The minimum Gasteiger partial charge on any atom is -0.407 e. The van der Waals surface area contributed by atoms with E-state index in [2.05, 4.69) is 15.5 Å². The highest BCUT2D eigenvalue weighted by molar-refractivity contribution is 7.91. The summed E-state index contributed by atoms with van der Waals surface area (Å²) < 4.78 is 53.4. The van der Waals surface area contributed by atoms with Gasteiger partial charge in [0, 0.05) is 6.26 Å². The minimum atomic E-state index is -3.69. The Kier molecular flexibility index (Phi) is 5.29. The first-order chi connectivity index (χ1) is 13.2. The number of amides is 1. The summed E-state index contributed by atoms with van der Waals surface area (Å²) in [6.07, 6.45) is 0.984. The monoisotopic (exact) mass is 421 g/mol. The number of aromatic nitrogens is 2. The van der Waals surface area contributed by atoms with Gasteiger partial charge in [0.25, 0.3) is 5.91 Å². The van der Waals surface area contributed by atoms with Crippen molar-refractivity contribution in [3.63, 3.8) is 0 Å². The molecule has 0 spiro atoms. The largest absolute Gasteiger partial charge is 0.407 e. The van der Waals surface area contributed by atoms with E-state index in [0.29, 0.717) is 0 Å². The van der Waals surface area contributed by atoms with Crippen molar-refractivity contribution in [2.75, 3.05) is 11.6 Å². The van der Waals surface area contributed by atoms with E-state index >= 15 is 0 Å². The summed E-state index contributed by atoms with van der Waals surface area (Å²) in [5.74, 6) is -1.53. The summed E-state index contributed by atoms with van der Waals surface area (Å²) in [5, 5.41) is 9.48. The van der Waals surface area contributed by atoms with Crippen LogP contribution in [0.2, 0.25) is 0 Å². The maximum absolute atomic E-state index is 12.4. The number of hydrogen-bond acceptors (Lipinski definition) is 8. The second-order valence-electron chi connectivity index (χ2n) is 5.80. The Balaban J connectivity index is 1.78. The van der Waals surface area contributed by atoms with Crippen LogP contribution in [0, 0.1) is 0 Å². The highest BCUT2D eigenvalue weighted by Gasteiger charge is 2.22. The van der Waals surface area contributed by atoms with Crippen LogP contribution in [0.15, 0.2) is 68.8 Å². The van der Waals surface area contributed by atoms with Crippen LogP contribution in [0.25, 0.3) is 0 Å². The number of carbonyl (C=O) groups is 1. The summed E-state index contributed by atoms with van der Waals surface area (Å²) >= 11 is 0. The Hall–Kier alpha value is -3.05. The molecule has 0 fully saturated rings. The zero-order valence-electron chi connectivity index (χ0n) is 14.6. The zero-order chi connectivity index (χ0) is 20.4. The molecule has 0 saturated carbocycles. The fraction of sp³-hybridized carbons (Fsp3) is 0.118. The predicted octanol–water partition coefficient (Wildman–Crippen LogP) is 1.70. The van der Waals surface area contributed by atoms with Crippen LogP contribution < -0.4 is 5.32 Å². The van der Waals surface area contributed by atoms with Crippen molar-refractivity contribution in [3.8, 4) is 0 Å².